The Hall–Kier alpha value is -1.18. The molecule has 0 spiro atoms. The summed E-state index contributed by atoms with van der Waals surface area (Å²) in [6.07, 6.45) is 7.82. The summed E-state index contributed by atoms with van der Waals surface area (Å²) in [6, 6.07) is 4.62. The highest BCUT2D eigenvalue weighted by Gasteiger charge is 2.22. The van der Waals surface area contributed by atoms with Crippen molar-refractivity contribution in [1.82, 2.24) is 9.62 Å². The lowest BCUT2D eigenvalue weighted by Crippen LogP contribution is -2.26. The molecule has 1 aliphatic rings. The number of nitrogens with one attached hydrogen (secondary N) is 1. The number of sulfonamides is 1. The molecule has 1 aliphatic carbocycles. The summed E-state index contributed by atoms with van der Waals surface area (Å²) in [5.41, 5.74) is 1.74. The maximum absolute atomic E-state index is 12.3. The van der Waals surface area contributed by atoms with E-state index in [1.165, 1.54) is 38.6 Å². The van der Waals surface area contributed by atoms with Gasteiger partial charge in [0.25, 0.3) is 5.91 Å². The first-order valence-corrected chi connectivity index (χ1v) is 10.2. The number of carbonyl (C=O) groups is 1. The summed E-state index contributed by atoms with van der Waals surface area (Å²) < 4.78 is 26.2. The Morgan fingerprint density at radius 3 is 2.67 bits per heavy atom. The number of hydrogen-bond acceptors (Lipinski definition) is 3. The molecule has 1 aromatic rings. The largest absolute Gasteiger partial charge is 0.352 e. The predicted molar refractivity (Wildman–Crippen MR) is 98.5 cm³/mol. The Kier molecular flexibility index (Phi) is 6.60. The van der Waals surface area contributed by atoms with Gasteiger partial charge < -0.3 is 5.32 Å². The molecule has 0 radical (unpaired) electrons. The molecule has 0 aliphatic heterocycles. The van der Waals surface area contributed by atoms with Gasteiger partial charge >= 0.3 is 0 Å². The number of allylic oxidation sites excluding steroid dienone is 1. The Morgan fingerprint density at radius 2 is 2.04 bits per heavy atom. The summed E-state index contributed by atoms with van der Waals surface area (Å²) in [6.45, 7) is 0.566. The first-order valence-electron chi connectivity index (χ1n) is 8.00. The number of nitrogens with zero attached hydrogens (tertiary/aromatic N) is 1. The Labute approximate surface area is 152 Å². The molecule has 7 heteroatoms. The second-order valence-corrected chi connectivity index (χ2v) is 9.02. The van der Waals surface area contributed by atoms with Crippen molar-refractivity contribution in [2.75, 3.05) is 20.6 Å². The first kappa shape index (κ1) is 19.1. The van der Waals surface area contributed by atoms with Crippen LogP contribution in [0.3, 0.4) is 0 Å². The zero-order valence-corrected chi connectivity index (χ0v) is 16.4. The van der Waals surface area contributed by atoms with Crippen LogP contribution in [0.25, 0.3) is 0 Å². The fraction of sp³-hybridized carbons (Fsp3) is 0.471. The number of carbonyl (C=O) groups excluding carboxylic acids is 1. The van der Waals surface area contributed by atoms with Gasteiger partial charge in [0.15, 0.2) is 0 Å². The van der Waals surface area contributed by atoms with Crippen molar-refractivity contribution in [3.63, 3.8) is 0 Å². The first-order chi connectivity index (χ1) is 11.3. The van der Waals surface area contributed by atoms with Crippen LogP contribution in [0.4, 0.5) is 0 Å². The monoisotopic (exact) mass is 414 g/mol. The van der Waals surface area contributed by atoms with Gasteiger partial charge in [-0.1, -0.05) is 11.6 Å². The van der Waals surface area contributed by atoms with Gasteiger partial charge in [-0.2, -0.15) is 0 Å². The van der Waals surface area contributed by atoms with E-state index in [4.69, 9.17) is 0 Å². The average molecular weight is 415 g/mol. The normalized spacial score (nSPS) is 15.2. The van der Waals surface area contributed by atoms with Crippen LogP contribution in [0.2, 0.25) is 0 Å². The van der Waals surface area contributed by atoms with Gasteiger partial charge in [0.2, 0.25) is 10.0 Å². The summed E-state index contributed by atoms with van der Waals surface area (Å²) in [7, 11) is -0.674. The van der Waals surface area contributed by atoms with Crippen molar-refractivity contribution in [1.29, 1.82) is 0 Å². The second kappa shape index (κ2) is 8.27. The molecule has 0 saturated heterocycles. The van der Waals surface area contributed by atoms with Crippen molar-refractivity contribution in [2.45, 2.75) is 37.0 Å². The minimum atomic E-state index is -3.60. The lowest BCUT2D eigenvalue weighted by molar-refractivity contribution is 0.0954. The zero-order chi connectivity index (χ0) is 17.7. The van der Waals surface area contributed by atoms with Crippen LogP contribution in [-0.2, 0) is 10.0 Å². The van der Waals surface area contributed by atoms with Crippen LogP contribution >= 0.6 is 15.9 Å². The molecular formula is C17H23BrN2O3S. The summed E-state index contributed by atoms with van der Waals surface area (Å²) in [5, 5.41) is 2.87. The van der Waals surface area contributed by atoms with Gasteiger partial charge in [0.05, 0.1) is 4.90 Å². The highest BCUT2D eigenvalue weighted by molar-refractivity contribution is 9.10. The molecule has 132 valence electrons. The molecule has 1 amide bonds. The van der Waals surface area contributed by atoms with Crippen LogP contribution in [0.5, 0.6) is 0 Å². The van der Waals surface area contributed by atoms with Crippen LogP contribution in [0.15, 0.2) is 39.2 Å². The van der Waals surface area contributed by atoms with Crippen molar-refractivity contribution in [3.8, 4) is 0 Å². The van der Waals surface area contributed by atoms with E-state index in [2.05, 4.69) is 27.3 Å². The van der Waals surface area contributed by atoms with E-state index >= 15 is 0 Å². The molecule has 0 heterocycles. The van der Waals surface area contributed by atoms with Crippen molar-refractivity contribution in [2.24, 2.45) is 0 Å². The molecule has 2 rings (SSSR count). The maximum Gasteiger partial charge on any atom is 0.251 e. The predicted octanol–water partition coefficient (Wildman–Crippen LogP) is 3.32. The molecule has 0 aromatic heterocycles. The Morgan fingerprint density at radius 1 is 1.29 bits per heavy atom. The van der Waals surface area contributed by atoms with Gasteiger partial charge in [0, 0.05) is 30.7 Å². The van der Waals surface area contributed by atoms with Gasteiger partial charge in [-0.3, -0.25) is 4.79 Å². The SMILES string of the molecule is CN(C)S(=O)(=O)c1cc(C(=O)NCCC2=CCCCC2)ccc1Br. The van der Waals surface area contributed by atoms with E-state index in [-0.39, 0.29) is 10.8 Å². The van der Waals surface area contributed by atoms with Gasteiger partial charge in [-0.15, -0.1) is 0 Å². The van der Waals surface area contributed by atoms with E-state index in [1.807, 2.05) is 0 Å². The van der Waals surface area contributed by atoms with Crippen molar-refractivity contribution in [3.05, 3.63) is 39.9 Å². The number of halogens is 1. The molecule has 0 fully saturated rings. The third-order valence-electron chi connectivity index (χ3n) is 4.07. The van der Waals surface area contributed by atoms with Crippen LogP contribution < -0.4 is 5.32 Å². The quantitative estimate of drug-likeness (QED) is 0.725. The standard InChI is InChI=1S/C17H23BrN2O3S/c1-20(2)24(22,23)16-12-14(8-9-15(16)18)17(21)19-11-10-13-6-4-3-5-7-13/h6,8-9,12H,3-5,7,10-11H2,1-2H3,(H,19,21). The molecule has 0 bridgehead atoms. The number of hydrogen-bond donors (Lipinski definition) is 1. The van der Waals surface area contributed by atoms with Crippen LogP contribution in [0.1, 0.15) is 42.5 Å². The van der Waals surface area contributed by atoms with Crippen molar-refractivity contribution >= 4 is 31.9 Å². The molecule has 5 nitrogen and oxygen atoms in total. The van der Waals surface area contributed by atoms with E-state index in [9.17, 15) is 13.2 Å². The van der Waals surface area contributed by atoms with Crippen LogP contribution in [-0.4, -0.2) is 39.3 Å². The lowest BCUT2D eigenvalue weighted by Gasteiger charge is -2.15. The number of rotatable bonds is 6. The topological polar surface area (TPSA) is 66.5 Å². The Bertz CT molecular complexity index is 742. The summed E-state index contributed by atoms with van der Waals surface area (Å²) in [4.78, 5) is 12.4. The van der Waals surface area contributed by atoms with Gasteiger partial charge in [-0.05, 0) is 66.2 Å². The minimum absolute atomic E-state index is 0.0927. The highest BCUT2D eigenvalue weighted by Crippen LogP contribution is 2.25. The third kappa shape index (κ3) is 4.68. The fourth-order valence-corrected chi connectivity index (χ4v) is 4.45. The maximum atomic E-state index is 12.3. The van der Waals surface area contributed by atoms with E-state index in [0.717, 1.165) is 23.6 Å². The van der Waals surface area contributed by atoms with Crippen molar-refractivity contribution < 1.29 is 13.2 Å². The van der Waals surface area contributed by atoms with E-state index in [0.29, 0.717) is 16.6 Å². The van der Waals surface area contributed by atoms with Crippen LogP contribution in [0, 0.1) is 0 Å². The second-order valence-electron chi connectivity index (χ2n) is 6.05. The summed E-state index contributed by atoms with van der Waals surface area (Å²) >= 11 is 3.24. The average Bonchev–Trinajstić information content (AvgIpc) is 2.55. The summed E-state index contributed by atoms with van der Waals surface area (Å²) in [5.74, 6) is -0.255. The third-order valence-corrected chi connectivity index (χ3v) is 6.88. The molecule has 0 unspecified atom stereocenters. The van der Waals surface area contributed by atoms with Gasteiger partial charge in [-0.25, -0.2) is 12.7 Å². The fourth-order valence-electron chi connectivity index (χ4n) is 2.61. The Balaban J connectivity index is 2.06. The highest BCUT2D eigenvalue weighted by atomic mass is 79.9. The number of amides is 1. The molecule has 24 heavy (non-hydrogen) atoms. The lowest BCUT2D eigenvalue weighted by atomic mass is 9.97. The smallest absolute Gasteiger partial charge is 0.251 e. The molecule has 1 N–H and O–H groups in total. The number of benzene rings is 1. The molecular weight excluding hydrogens is 392 g/mol. The molecule has 0 saturated carbocycles. The molecule has 1 aromatic carbocycles. The van der Waals surface area contributed by atoms with E-state index in [1.54, 1.807) is 12.1 Å². The minimum Gasteiger partial charge on any atom is -0.352 e. The van der Waals surface area contributed by atoms with Gasteiger partial charge in [0.1, 0.15) is 0 Å². The zero-order valence-electron chi connectivity index (χ0n) is 14.0. The van der Waals surface area contributed by atoms with E-state index < -0.39 is 10.0 Å². The molecule has 0 atom stereocenters.